The summed E-state index contributed by atoms with van der Waals surface area (Å²) in [5.41, 5.74) is 0.868. The lowest BCUT2D eigenvalue weighted by Gasteiger charge is -2.06. The summed E-state index contributed by atoms with van der Waals surface area (Å²) in [7, 11) is 0. The summed E-state index contributed by atoms with van der Waals surface area (Å²) < 4.78 is 9.73. The van der Waals surface area contributed by atoms with Crippen LogP contribution in [0.5, 0.6) is 5.75 Å². The Morgan fingerprint density at radius 3 is 2.76 bits per heavy atom. The van der Waals surface area contributed by atoms with Crippen LogP contribution in [0.2, 0.25) is 5.02 Å². The van der Waals surface area contributed by atoms with E-state index >= 15 is 0 Å². The highest BCUT2D eigenvalue weighted by atomic mass is 79.9. The number of ether oxygens (including phenoxy) is 1. The minimum Gasteiger partial charge on any atom is -0.471 e. The van der Waals surface area contributed by atoms with Crippen molar-refractivity contribution in [1.82, 2.24) is 19.6 Å². The van der Waals surface area contributed by atoms with Crippen LogP contribution in [-0.4, -0.2) is 25.5 Å². The number of halogens is 2. The molecule has 3 rings (SSSR count). The second kappa shape index (κ2) is 7.71. The van der Waals surface area contributed by atoms with Crippen molar-refractivity contribution >= 4 is 39.1 Å². The van der Waals surface area contributed by atoms with Crippen molar-refractivity contribution in [3.05, 3.63) is 58.0 Å². The minimum atomic E-state index is -0.335. The van der Waals surface area contributed by atoms with Gasteiger partial charge in [-0.15, -0.1) is 0 Å². The average molecular weight is 425 g/mol. The molecule has 0 saturated carbocycles. The lowest BCUT2D eigenvalue weighted by molar-refractivity contribution is 0.101. The van der Waals surface area contributed by atoms with E-state index in [0.717, 1.165) is 10.2 Å². The molecule has 0 atom stereocenters. The second-order valence-electron chi connectivity index (χ2n) is 5.11. The number of nitrogens with zero attached hydrogens (tertiary/aromatic N) is 4. The van der Waals surface area contributed by atoms with Crippen molar-refractivity contribution in [3.8, 4) is 5.75 Å². The fourth-order valence-electron chi connectivity index (χ4n) is 2.19. The fraction of sp³-hybridized carbons (Fsp3) is 0.188. The van der Waals surface area contributed by atoms with Crippen LogP contribution in [0.4, 0.5) is 5.69 Å². The van der Waals surface area contributed by atoms with E-state index in [4.69, 9.17) is 16.3 Å². The van der Waals surface area contributed by atoms with Crippen LogP contribution < -0.4 is 10.1 Å². The SMILES string of the molecule is CCn1ncc(Cl)c1C(=O)Nc1cnn(COc2ccc(Br)cc2)c1. The maximum Gasteiger partial charge on any atom is 0.275 e. The normalized spacial score (nSPS) is 10.7. The number of amides is 1. The molecule has 0 aliphatic heterocycles. The molecule has 0 fully saturated rings. The number of aromatic nitrogens is 4. The molecule has 0 saturated heterocycles. The summed E-state index contributed by atoms with van der Waals surface area (Å²) in [6, 6.07) is 7.49. The number of benzene rings is 1. The number of hydrogen-bond acceptors (Lipinski definition) is 4. The molecule has 130 valence electrons. The van der Waals surface area contributed by atoms with E-state index in [1.165, 1.54) is 6.20 Å². The van der Waals surface area contributed by atoms with Gasteiger partial charge in [0.25, 0.3) is 5.91 Å². The Balaban J connectivity index is 1.62. The first-order valence-electron chi connectivity index (χ1n) is 7.50. The Morgan fingerprint density at radius 1 is 1.28 bits per heavy atom. The molecule has 25 heavy (non-hydrogen) atoms. The Morgan fingerprint density at radius 2 is 2.04 bits per heavy atom. The Hall–Kier alpha value is -2.32. The molecule has 0 radical (unpaired) electrons. The zero-order valence-electron chi connectivity index (χ0n) is 13.3. The molecule has 0 aliphatic rings. The number of nitrogens with one attached hydrogen (secondary N) is 1. The van der Waals surface area contributed by atoms with Gasteiger partial charge in [0, 0.05) is 11.0 Å². The maximum atomic E-state index is 12.4. The van der Waals surface area contributed by atoms with Gasteiger partial charge in [0.2, 0.25) is 0 Å². The lowest BCUT2D eigenvalue weighted by Crippen LogP contribution is -2.17. The molecule has 3 aromatic rings. The van der Waals surface area contributed by atoms with Gasteiger partial charge in [-0.25, -0.2) is 4.68 Å². The van der Waals surface area contributed by atoms with Crippen molar-refractivity contribution < 1.29 is 9.53 Å². The molecular formula is C16H15BrClN5O2. The zero-order valence-corrected chi connectivity index (χ0v) is 15.7. The third-order valence-corrected chi connectivity index (χ3v) is 4.18. The first-order valence-corrected chi connectivity index (χ1v) is 8.67. The highest BCUT2D eigenvalue weighted by Crippen LogP contribution is 2.18. The number of carbonyl (C=O) groups is 1. The first kappa shape index (κ1) is 17.5. The van der Waals surface area contributed by atoms with Gasteiger partial charge in [-0.3, -0.25) is 9.48 Å². The van der Waals surface area contributed by atoms with Gasteiger partial charge < -0.3 is 10.1 Å². The first-order chi connectivity index (χ1) is 12.1. The van der Waals surface area contributed by atoms with Crippen LogP contribution >= 0.6 is 27.5 Å². The van der Waals surface area contributed by atoms with Gasteiger partial charge in [-0.2, -0.15) is 10.2 Å². The predicted octanol–water partition coefficient (Wildman–Crippen LogP) is 3.80. The highest BCUT2D eigenvalue weighted by Gasteiger charge is 2.17. The summed E-state index contributed by atoms with van der Waals surface area (Å²) >= 11 is 9.40. The Kier molecular flexibility index (Phi) is 5.40. The molecule has 0 aliphatic carbocycles. The van der Waals surface area contributed by atoms with E-state index < -0.39 is 0 Å². The minimum absolute atomic E-state index is 0.227. The fourth-order valence-corrected chi connectivity index (χ4v) is 2.68. The van der Waals surface area contributed by atoms with E-state index in [1.807, 2.05) is 31.2 Å². The monoisotopic (exact) mass is 423 g/mol. The van der Waals surface area contributed by atoms with Crippen LogP contribution in [0.25, 0.3) is 0 Å². The molecule has 1 N–H and O–H groups in total. The van der Waals surface area contributed by atoms with Crippen LogP contribution in [-0.2, 0) is 13.3 Å². The molecular weight excluding hydrogens is 410 g/mol. The van der Waals surface area contributed by atoms with Crippen molar-refractivity contribution in [1.29, 1.82) is 0 Å². The van der Waals surface area contributed by atoms with Crippen molar-refractivity contribution in [2.45, 2.75) is 20.2 Å². The molecule has 2 aromatic heterocycles. The zero-order chi connectivity index (χ0) is 17.8. The Bertz CT molecular complexity index is 875. The number of rotatable bonds is 6. The topological polar surface area (TPSA) is 74.0 Å². The predicted molar refractivity (Wildman–Crippen MR) is 97.9 cm³/mol. The van der Waals surface area contributed by atoms with Gasteiger partial charge in [0.1, 0.15) is 11.4 Å². The number of hydrogen-bond donors (Lipinski definition) is 1. The van der Waals surface area contributed by atoms with E-state index in [0.29, 0.717) is 22.9 Å². The molecule has 0 spiro atoms. The van der Waals surface area contributed by atoms with Crippen molar-refractivity contribution in [3.63, 3.8) is 0 Å². The largest absolute Gasteiger partial charge is 0.471 e. The van der Waals surface area contributed by atoms with E-state index in [9.17, 15) is 4.79 Å². The molecule has 9 heteroatoms. The number of carbonyl (C=O) groups excluding carboxylic acids is 1. The van der Waals surface area contributed by atoms with Crippen LogP contribution in [0.3, 0.4) is 0 Å². The summed E-state index contributed by atoms with van der Waals surface area (Å²) in [5, 5.41) is 11.3. The molecule has 0 bridgehead atoms. The molecule has 0 unspecified atom stereocenters. The quantitative estimate of drug-likeness (QED) is 0.653. The second-order valence-corrected chi connectivity index (χ2v) is 6.43. The summed E-state index contributed by atoms with van der Waals surface area (Å²) in [5.74, 6) is 0.389. The molecule has 7 nitrogen and oxygen atoms in total. The molecule has 1 aromatic carbocycles. The smallest absolute Gasteiger partial charge is 0.275 e. The molecule has 1 amide bonds. The van der Waals surface area contributed by atoms with E-state index in [-0.39, 0.29) is 12.6 Å². The number of anilines is 1. The summed E-state index contributed by atoms with van der Waals surface area (Å²) in [6.07, 6.45) is 4.68. The highest BCUT2D eigenvalue weighted by molar-refractivity contribution is 9.10. The maximum absolute atomic E-state index is 12.4. The van der Waals surface area contributed by atoms with Crippen molar-refractivity contribution in [2.24, 2.45) is 0 Å². The van der Waals surface area contributed by atoms with Gasteiger partial charge in [0.05, 0.1) is 29.3 Å². The van der Waals surface area contributed by atoms with Crippen LogP contribution in [0.15, 0.2) is 47.3 Å². The standard InChI is InChI=1S/C16H15BrClN5O2/c1-2-23-15(14(18)8-20-23)16(24)21-12-7-19-22(9-12)10-25-13-5-3-11(17)4-6-13/h3-9H,2,10H2,1H3,(H,21,24). The lowest BCUT2D eigenvalue weighted by atomic mass is 10.3. The average Bonchev–Trinajstić information content (AvgIpc) is 3.20. The van der Waals surface area contributed by atoms with Gasteiger partial charge in [-0.05, 0) is 31.2 Å². The van der Waals surface area contributed by atoms with Crippen LogP contribution in [0, 0.1) is 0 Å². The van der Waals surface area contributed by atoms with Gasteiger partial charge in [0.15, 0.2) is 6.73 Å². The third-order valence-electron chi connectivity index (χ3n) is 3.38. The van der Waals surface area contributed by atoms with E-state index in [2.05, 4.69) is 31.4 Å². The Labute approximate surface area is 157 Å². The van der Waals surface area contributed by atoms with Gasteiger partial charge in [-0.1, -0.05) is 27.5 Å². The van der Waals surface area contributed by atoms with E-state index in [1.54, 1.807) is 21.8 Å². The third kappa shape index (κ3) is 4.21. The number of aryl methyl sites for hydroxylation is 1. The summed E-state index contributed by atoms with van der Waals surface area (Å²) in [6.45, 7) is 2.67. The molecule has 2 heterocycles. The van der Waals surface area contributed by atoms with Crippen LogP contribution in [0.1, 0.15) is 17.4 Å². The van der Waals surface area contributed by atoms with Gasteiger partial charge >= 0.3 is 0 Å². The van der Waals surface area contributed by atoms with Crippen molar-refractivity contribution in [2.75, 3.05) is 5.32 Å². The summed E-state index contributed by atoms with van der Waals surface area (Å²) in [4.78, 5) is 12.4.